The van der Waals surface area contributed by atoms with Crippen molar-refractivity contribution in [3.8, 4) is 0 Å². The SMILES string of the molecule is CCOC(=O)CN(c1ccc(F)cc1)c1ccc(CNc2ccc3nc(N(C)C)[nH]c3c2)cc1. The van der Waals surface area contributed by atoms with E-state index in [-0.39, 0.29) is 18.3 Å². The second-order valence-electron chi connectivity index (χ2n) is 8.07. The number of nitrogens with zero attached hydrogens (tertiary/aromatic N) is 3. The minimum atomic E-state index is -0.343. The fourth-order valence-electron chi connectivity index (χ4n) is 3.60. The van der Waals surface area contributed by atoms with Crippen molar-refractivity contribution < 1.29 is 13.9 Å². The Morgan fingerprint density at radius 1 is 1.03 bits per heavy atom. The van der Waals surface area contributed by atoms with Crippen molar-refractivity contribution in [2.45, 2.75) is 13.5 Å². The number of H-pyrrole nitrogens is 1. The Morgan fingerprint density at radius 3 is 2.35 bits per heavy atom. The van der Waals surface area contributed by atoms with E-state index < -0.39 is 0 Å². The number of fused-ring (bicyclic) bond motifs is 1. The van der Waals surface area contributed by atoms with Crippen LogP contribution in [0.25, 0.3) is 11.0 Å². The molecule has 0 atom stereocenters. The van der Waals surface area contributed by atoms with E-state index in [1.165, 1.54) is 12.1 Å². The van der Waals surface area contributed by atoms with Gasteiger partial charge in [-0.25, -0.2) is 9.37 Å². The van der Waals surface area contributed by atoms with Crippen molar-refractivity contribution in [3.63, 3.8) is 0 Å². The molecule has 4 rings (SSSR count). The molecule has 0 unspecified atom stereocenters. The summed E-state index contributed by atoms with van der Waals surface area (Å²) in [5.41, 5.74) is 5.49. The normalized spacial score (nSPS) is 10.8. The van der Waals surface area contributed by atoms with Gasteiger partial charge in [-0.15, -0.1) is 0 Å². The topological polar surface area (TPSA) is 73.5 Å². The van der Waals surface area contributed by atoms with Crippen molar-refractivity contribution in [2.75, 3.05) is 42.4 Å². The van der Waals surface area contributed by atoms with Crippen LogP contribution in [0.4, 0.5) is 27.4 Å². The van der Waals surface area contributed by atoms with Crippen LogP contribution in [-0.2, 0) is 16.1 Å². The Bertz CT molecular complexity index is 1250. The zero-order valence-electron chi connectivity index (χ0n) is 19.5. The first-order valence-corrected chi connectivity index (χ1v) is 11.1. The minimum Gasteiger partial charge on any atom is -0.465 e. The summed E-state index contributed by atoms with van der Waals surface area (Å²) in [6.07, 6.45) is 0. The summed E-state index contributed by atoms with van der Waals surface area (Å²) < 4.78 is 18.5. The number of carbonyl (C=O) groups is 1. The van der Waals surface area contributed by atoms with Crippen LogP contribution in [0.3, 0.4) is 0 Å². The van der Waals surface area contributed by atoms with Gasteiger partial charge in [0.05, 0.1) is 17.6 Å². The molecular weight excluding hydrogens is 433 g/mol. The van der Waals surface area contributed by atoms with Gasteiger partial charge < -0.3 is 24.8 Å². The molecule has 0 radical (unpaired) electrons. The fourth-order valence-corrected chi connectivity index (χ4v) is 3.60. The molecule has 34 heavy (non-hydrogen) atoms. The second-order valence-corrected chi connectivity index (χ2v) is 8.07. The maximum absolute atomic E-state index is 13.4. The molecule has 0 saturated carbocycles. The van der Waals surface area contributed by atoms with E-state index in [4.69, 9.17) is 4.74 Å². The zero-order chi connectivity index (χ0) is 24.1. The summed E-state index contributed by atoms with van der Waals surface area (Å²) in [5.74, 6) is 0.146. The largest absolute Gasteiger partial charge is 0.465 e. The van der Waals surface area contributed by atoms with Crippen LogP contribution in [-0.4, -0.2) is 43.2 Å². The van der Waals surface area contributed by atoms with E-state index in [0.717, 1.165) is 33.9 Å². The monoisotopic (exact) mass is 461 g/mol. The van der Waals surface area contributed by atoms with E-state index in [2.05, 4.69) is 15.3 Å². The van der Waals surface area contributed by atoms with Crippen molar-refractivity contribution in [1.29, 1.82) is 0 Å². The lowest BCUT2D eigenvalue weighted by Gasteiger charge is -2.24. The minimum absolute atomic E-state index is 0.0379. The molecule has 3 aromatic carbocycles. The number of hydrogen-bond acceptors (Lipinski definition) is 6. The quantitative estimate of drug-likeness (QED) is 0.339. The van der Waals surface area contributed by atoms with Crippen LogP contribution in [0.1, 0.15) is 12.5 Å². The predicted octanol–water partition coefficient (Wildman–Crippen LogP) is 5.08. The number of nitrogens with one attached hydrogen (secondary N) is 2. The van der Waals surface area contributed by atoms with E-state index in [1.807, 2.05) is 66.4 Å². The molecule has 8 heteroatoms. The molecule has 0 aliphatic carbocycles. The maximum Gasteiger partial charge on any atom is 0.325 e. The Balaban J connectivity index is 1.47. The Hall–Kier alpha value is -4.07. The number of aromatic amines is 1. The van der Waals surface area contributed by atoms with Crippen molar-refractivity contribution in [1.82, 2.24) is 9.97 Å². The molecule has 7 nitrogen and oxygen atoms in total. The predicted molar refractivity (Wildman–Crippen MR) is 134 cm³/mol. The van der Waals surface area contributed by atoms with Crippen LogP contribution in [0.15, 0.2) is 66.7 Å². The van der Waals surface area contributed by atoms with Gasteiger partial charge in [-0.1, -0.05) is 12.1 Å². The third-order valence-electron chi connectivity index (χ3n) is 5.37. The molecule has 0 bridgehead atoms. The highest BCUT2D eigenvalue weighted by atomic mass is 19.1. The van der Waals surface area contributed by atoms with Gasteiger partial charge in [0, 0.05) is 37.7 Å². The van der Waals surface area contributed by atoms with E-state index in [1.54, 1.807) is 19.1 Å². The van der Waals surface area contributed by atoms with Crippen molar-refractivity contribution >= 4 is 40.0 Å². The van der Waals surface area contributed by atoms with Crippen LogP contribution >= 0.6 is 0 Å². The van der Waals surface area contributed by atoms with Gasteiger partial charge in [-0.05, 0) is 67.1 Å². The molecule has 0 amide bonds. The van der Waals surface area contributed by atoms with Gasteiger partial charge in [0.25, 0.3) is 0 Å². The summed E-state index contributed by atoms with van der Waals surface area (Å²) in [4.78, 5) is 23.8. The molecule has 2 N–H and O–H groups in total. The van der Waals surface area contributed by atoms with Gasteiger partial charge in [-0.2, -0.15) is 0 Å². The highest BCUT2D eigenvalue weighted by molar-refractivity contribution is 5.82. The molecule has 0 aliphatic heterocycles. The molecule has 0 fully saturated rings. The molecule has 0 spiro atoms. The number of rotatable bonds is 9. The summed E-state index contributed by atoms with van der Waals surface area (Å²) in [6.45, 7) is 2.75. The molecule has 1 heterocycles. The summed E-state index contributed by atoms with van der Waals surface area (Å²) in [6, 6.07) is 20.0. The summed E-state index contributed by atoms with van der Waals surface area (Å²) in [5, 5.41) is 3.44. The number of hydrogen-bond donors (Lipinski definition) is 2. The van der Waals surface area contributed by atoms with E-state index in [9.17, 15) is 9.18 Å². The number of esters is 1. The Morgan fingerprint density at radius 2 is 1.71 bits per heavy atom. The van der Waals surface area contributed by atoms with Crippen molar-refractivity contribution in [2.24, 2.45) is 0 Å². The number of benzene rings is 3. The lowest BCUT2D eigenvalue weighted by atomic mass is 10.1. The van der Waals surface area contributed by atoms with Gasteiger partial charge in [-0.3, -0.25) is 4.79 Å². The first kappa shape index (κ1) is 23.1. The van der Waals surface area contributed by atoms with Crippen LogP contribution in [0.5, 0.6) is 0 Å². The number of imidazole rings is 1. The smallest absolute Gasteiger partial charge is 0.325 e. The van der Waals surface area contributed by atoms with E-state index in [0.29, 0.717) is 18.8 Å². The Labute approximate surface area is 198 Å². The van der Waals surface area contributed by atoms with Gasteiger partial charge in [0.15, 0.2) is 0 Å². The van der Waals surface area contributed by atoms with E-state index >= 15 is 0 Å². The standard InChI is InChI=1S/C26H28FN5O2/c1-4-34-25(33)17-32(22-12-7-19(27)8-13-22)21-10-5-18(6-11-21)16-28-20-9-14-23-24(15-20)30-26(29-23)31(2)3/h5-15,28H,4,16-17H2,1-3H3,(H,29,30). The first-order valence-electron chi connectivity index (χ1n) is 11.1. The van der Waals surface area contributed by atoms with Crippen molar-refractivity contribution in [3.05, 3.63) is 78.1 Å². The highest BCUT2D eigenvalue weighted by Gasteiger charge is 2.15. The number of aromatic nitrogens is 2. The Kier molecular flexibility index (Phi) is 6.96. The zero-order valence-corrected chi connectivity index (χ0v) is 19.5. The fraction of sp³-hybridized carbons (Fsp3) is 0.231. The third kappa shape index (κ3) is 5.46. The van der Waals surface area contributed by atoms with Gasteiger partial charge in [0.2, 0.25) is 5.95 Å². The molecule has 0 saturated heterocycles. The van der Waals surface area contributed by atoms with Crippen LogP contribution in [0.2, 0.25) is 0 Å². The maximum atomic E-state index is 13.4. The molecule has 1 aromatic heterocycles. The lowest BCUT2D eigenvalue weighted by Crippen LogP contribution is -2.26. The van der Waals surface area contributed by atoms with Gasteiger partial charge in [0.1, 0.15) is 12.4 Å². The average Bonchev–Trinajstić information content (AvgIpc) is 3.26. The lowest BCUT2D eigenvalue weighted by molar-refractivity contribution is -0.141. The van der Waals surface area contributed by atoms with Crippen LogP contribution in [0, 0.1) is 5.82 Å². The molecular formula is C26H28FN5O2. The molecule has 4 aromatic rings. The van der Waals surface area contributed by atoms with Gasteiger partial charge >= 0.3 is 5.97 Å². The average molecular weight is 462 g/mol. The highest BCUT2D eigenvalue weighted by Crippen LogP contribution is 2.26. The van der Waals surface area contributed by atoms with Crippen LogP contribution < -0.4 is 15.1 Å². The number of carbonyl (C=O) groups excluding carboxylic acids is 1. The number of ether oxygens (including phenoxy) is 1. The number of halogens is 1. The second kappa shape index (κ2) is 10.2. The molecule has 0 aliphatic rings. The first-order chi connectivity index (χ1) is 16.4. The summed E-state index contributed by atoms with van der Waals surface area (Å²) in [7, 11) is 3.90. The summed E-state index contributed by atoms with van der Waals surface area (Å²) >= 11 is 0. The molecule has 176 valence electrons. The third-order valence-corrected chi connectivity index (χ3v) is 5.37. The number of anilines is 4.